The van der Waals surface area contributed by atoms with Crippen molar-refractivity contribution >= 4 is 40.4 Å². The smallest absolute Gasteiger partial charge is 0.416 e. The van der Waals surface area contributed by atoms with E-state index in [4.69, 9.17) is 11.6 Å². The predicted octanol–water partition coefficient (Wildman–Crippen LogP) is 5.66. The van der Waals surface area contributed by atoms with Gasteiger partial charge >= 0.3 is 6.18 Å². The molecule has 36 heavy (non-hydrogen) atoms. The Morgan fingerprint density at radius 3 is 2.53 bits per heavy atom. The Bertz CT molecular complexity index is 1300. The van der Waals surface area contributed by atoms with Gasteiger partial charge in [-0.05, 0) is 54.2 Å². The number of piperidine rings is 1. The van der Waals surface area contributed by atoms with E-state index >= 15 is 0 Å². The number of rotatable bonds is 4. The van der Waals surface area contributed by atoms with Crippen molar-refractivity contribution in [1.29, 1.82) is 0 Å². The fraction of sp³-hybridized carbons (Fsp3) is 0.360. The van der Waals surface area contributed by atoms with Crippen LogP contribution in [0.3, 0.4) is 0 Å². The molecular formula is C25H23ClF3N2O4S-. The van der Waals surface area contributed by atoms with Gasteiger partial charge in [0, 0.05) is 36.7 Å². The third-order valence-electron chi connectivity index (χ3n) is 6.86. The van der Waals surface area contributed by atoms with Gasteiger partial charge in [-0.25, -0.2) is 0 Å². The van der Waals surface area contributed by atoms with Crippen LogP contribution in [-0.4, -0.2) is 36.9 Å². The van der Waals surface area contributed by atoms with E-state index in [0.29, 0.717) is 37.4 Å². The molecule has 1 aliphatic carbocycles. The lowest BCUT2D eigenvalue weighted by Gasteiger charge is -2.40. The molecule has 0 aromatic heterocycles. The fourth-order valence-corrected chi connectivity index (χ4v) is 5.90. The topological polar surface area (TPSA) is 76.0 Å². The molecule has 1 fully saturated rings. The summed E-state index contributed by atoms with van der Waals surface area (Å²) in [6.07, 6.45) is -0.745. The van der Waals surface area contributed by atoms with Gasteiger partial charge in [0.15, 0.2) is 0 Å². The fourth-order valence-electron chi connectivity index (χ4n) is 5.16. The van der Waals surface area contributed by atoms with Crippen molar-refractivity contribution in [1.82, 2.24) is 4.90 Å². The van der Waals surface area contributed by atoms with Crippen molar-refractivity contribution in [2.75, 3.05) is 20.2 Å². The number of fused-ring (bicyclic) bond motifs is 2. The zero-order valence-electron chi connectivity index (χ0n) is 19.3. The number of carbonyl (C=O) groups excluding carboxylic acids is 2. The lowest BCUT2D eigenvalue weighted by molar-refractivity contribution is -0.137. The molecule has 192 valence electrons. The van der Waals surface area contributed by atoms with E-state index in [-0.39, 0.29) is 5.56 Å². The molecule has 4 rings (SSSR count). The Hall–Kier alpha value is -2.69. The number of nitrogens with zero attached hydrogens (tertiary/aromatic N) is 2. The second kappa shape index (κ2) is 10.4. The maximum absolute atomic E-state index is 13.2. The molecule has 1 heterocycles. The molecule has 1 atom stereocenters. The number of halogens is 4. The highest BCUT2D eigenvalue weighted by Crippen LogP contribution is 2.54. The summed E-state index contributed by atoms with van der Waals surface area (Å²) in [6, 6.07) is 10.4. The van der Waals surface area contributed by atoms with E-state index in [2.05, 4.69) is 8.55 Å². The summed E-state index contributed by atoms with van der Waals surface area (Å²) in [4.78, 5) is 27.1. The summed E-state index contributed by atoms with van der Waals surface area (Å²) in [5, 5.41) is 0.513. The van der Waals surface area contributed by atoms with Crippen LogP contribution in [0.4, 0.5) is 13.2 Å². The number of hydrogen-bond acceptors (Lipinski definition) is 5. The van der Waals surface area contributed by atoms with E-state index in [0.717, 1.165) is 23.3 Å². The molecule has 2 aliphatic rings. The molecule has 2 aromatic rings. The summed E-state index contributed by atoms with van der Waals surface area (Å²) in [7, 11) is -0.887. The molecule has 6 nitrogen and oxygen atoms in total. The lowest BCUT2D eigenvalue weighted by Crippen LogP contribution is -2.44. The van der Waals surface area contributed by atoms with Crippen LogP contribution in [0.5, 0.6) is 0 Å². The second-order valence-electron chi connectivity index (χ2n) is 8.80. The van der Waals surface area contributed by atoms with E-state index in [1.165, 1.54) is 31.4 Å². The largest absolute Gasteiger partial charge is 0.441 e. The number of amides is 2. The summed E-state index contributed by atoms with van der Waals surface area (Å²) < 4.78 is 59.6. The van der Waals surface area contributed by atoms with Crippen LogP contribution in [-0.2, 0) is 40.4 Å². The monoisotopic (exact) mass is 539 g/mol. The maximum Gasteiger partial charge on any atom is 0.416 e. The van der Waals surface area contributed by atoms with Crippen LogP contribution >= 0.6 is 11.6 Å². The molecule has 2 amide bonds. The maximum atomic E-state index is 13.2. The van der Waals surface area contributed by atoms with Gasteiger partial charge in [-0.3, -0.25) is 9.59 Å². The second-order valence-corrected chi connectivity index (χ2v) is 10.2. The molecule has 0 saturated carbocycles. The third kappa shape index (κ3) is 5.21. The molecule has 1 spiro atoms. The minimum Gasteiger partial charge on any atom is -0.441 e. The minimum atomic E-state index is -4.52. The molecule has 1 unspecified atom stereocenters. The molecule has 1 saturated heterocycles. The van der Waals surface area contributed by atoms with Crippen molar-refractivity contribution in [3.63, 3.8) is 0 Å². The van der Waals surface area contributed by atoms with Crippen LogP contribution < -0.4 is 0 Å². The van der Waals surface area contributed by atoms with Gasteiger partial charge in [-0.2, -0.15) is 13.2 Å². The number of benzene rings is 2. The molecule has 0 bridgehead atoms. The molecule has 0 N–H and O–H groups in total. The van der Waals surface area contributed by atoms with E-state index in [9.17, 15) is 27.0 Å². The van der Waals surface area contributed by atoms with Crippen molar-refractivity contribution < 1.29 is 31.2 Å². The van der Waals surface area contributed by atoms with Crippen molar-refractivity contribution in [3.8, 4) is 0 Å². The highest BCUT2D eigenvalue weighted by molar-refractivity contribution is 7.70. The predicted molar refractivity (Wildman–Crippen MR) is 129 cm³/mol. The first kappa shape index (κ1) is 26.4. The Labute approximate surface area is 213 Å². The summed E-state index contributed by atoms with van der Waals surface area (Å²) in [6.45, 7) is 0.688. The van der Waals surface area contributed by atoms with Gasteiger partial charge < -0.3 is 17.7 Å². The van der Waals surface area contributed by atoms with E-state index < -0.39 is 45.8 Å². The number of hydrogen-bond donors (Lipinski definition) is 0. The first-order chi connectivity index (χ1) is 17.1. The Balaban J connectivity index is 1.52. The Morgan fingerprint density at radius 2 is 1.86 bits per heavy atom. The summed E-state index contributed by atoms with van der Waals surface area (Å²) in [5.74, 6) is -1.57. The van der Waals surface area contributed by atoms with Gasteiger partial charge in [0.2, 0.25) is 11.8 Å². The van der Waals surface area contributed by atoms with Gasteiger partial charge in [0.25, 0.3) is 0 Å². The van der Waals surface area contributed by atoms with Crippen molar-refractivity contribution in [2.45, 2.75) is 36.8 Å². The van der Waals surface area contributed by atoms with Gasteiger partial charge in [-0.1, -0.05) is 52.8 Å². The number of alkyl halides is 3. The molecular weight excluding hydrogens is 517 g/mol. The Morgan fingerprint density at radius 1 is 1.17 bits per heavy atom. The van der Waals surface area contributed by atoms with Crippen LogP contribution in [0, 0.1) is 0 Å². The zero-order chi connectivity index (χ0) is 26.1. The first-order valence-corrected chi connectivity index (χ1v) is 12.6. The summed E-state index contributed by atoms with van der Waals surface area (Å²) >= 11 is 6.55. The minimum absolute atomic E-state index is 0.0816. The molecule has 2 aromatic carbocycles. The quantitative estimate of drug-likeness (QED) is 0.371. The SMILES string of the molecule is CO[S-](=O)=NC(=O)C1CC2(CCN(C(=O)/C=C/c3ccccc3C(F)(F)F)CC2)c2c(Cl)cccc21. The zero-order valence-corrected chi connectivity index (χ0v) is 20.8. The average Bonchev–Trinajstić information content (AvgIpc) is 3.17. The molecule has 1 aliphatic heterocycles. The van der Waals surface area contributed by atoms with Crippen molar-refractivity contribution in [2.24, 2.45) is 4.36 Å². The summed E-state index contributed by atoms with van der Waals surface area (Å²) in [5.41, 5.74) is 0.209. The van der Waals surface area contributed by atoms with Gasteiger partial charge in [-0.15, -0.1) is 0 Å². The standard InChI is InChI=1S/C25H23ClF3N2O4S/c1-35-36(34)30-23(33)18-15-24(22-17(18)6-4-8-20(22)26)11-13-31(14-12-24)21(32)10-9-16-5-2-3-7-19(16)25(27,28)29/h2-10,18H,11-15H2,1H3/q-1/b10-9+. The molecule has 11 heteroatoms. The van der Waals surface area contributed by atoms with Crippen LogP contribution in [0.1, 0.15) is 47.4 Å². The van der Waals surface area contributed by atoms with Crippen LogP contribution in [0.25, 0.3) is 6.08 Å². The highest BCUT2D eigenvalue weighted by Gasteiger charge is 2.48. The number of carbonyl (C=O) groups is 2. The first-order valence-electron chi connectivity index (χ1n) is 11.2. The number of likely N-dealkylation sites (tertiary alicyclic amines) is 1. The average molecular weight is 540 g/mol. The van der Waals surface area contributed by atoms with E-state index in [1.54, 1.807) is 17.0 Å². The van der Waals surface area contributed by atoms with E-state index in [1.807, 2.05) is 6.07 Å². The van der Waals surface area contributed by atoms with Gasteiger partial charge in [0.1, 0.15) is 0 Å². The van der Waals surface area contributed by atoms with Crippen LogP contribution in [0.15, 0.2) is 52.9 Å². The van der Waals surface area contributed by atoms with Crippen LogP contribution in [0.2, 0.25) is 5.02 Å². The van der Waals surface area contributed by atoms with Crippen molar-refractivity contribution in [3.05, 3.63) is 75.8 Å². The highest BCUT2D eigenvalue weighted by atomic mass is 35.5. The molecule has 0 radical (unpaired) electrons. The third-order valence-corrected chi connectivity index (χ3v) is 7.78. The normalized spacial score (nSPS) is 20.1. The van der Waals surface area contributed by atoms with Gasteiger partial charge in [0.05, 0.1) is 11.5 Å². The lowest BCUT2D eigenvalue weighted by atomic mass is 9.73. The Kier molecular flexibility index (Phi) is 7.59.